The molecule has 0 aliphatic heterocycles. The monoisotopic (exact) mass is 302 g/mol. The summed E-state index contributed by atoms with van der Waals surface area (Å²) in [5.41, 5.74) is 5.44. The van der Waals surface area contributed by atoms with E-state index in [0.717, 1.165) is 18.9 Å². The Labute approximate surface area is 118 Å². The molecule has 0 aromatic heterocycles. The van der Waals surface area contributed by atoms with Gasteiger partial charge in [0.05, 0.1) is 16.7 Å². The van der Waals surface area contributed by atoms with E-state index in [0.29, 0.717) is 12.8 Å². The molecule has 1 aromatic carbocycles. The first kappa shape index (κ1) is 15.2. The third kappa shape index (κ3) is 3.11. The molecule has 2 unspecified atom stereocenters. The minimum absolute atomic E-state index is 0.0772. The highest BCUT2D eigenvalue weighted by Gasteiger charge is 2.28. The Kier molecular flexibility index (Phi) is 4.31. The molecule has 1 aliphatic carbocycles. The lowest BCUT2D eigenvalue weighted by Crippen LogP contribution is -2.44. The smallest absolute Gasteiger partial charge is 0.240 e. The molecule has 112 valence electrons. The van der Waals surface area contributed by atoms with Gasteiger partial charge in [0, 0.05) is 6.04 Å². The number of aliphatic hydroxyl groups excluding tert-OH is 1. The number of nitrogen functional groups attached to an aromatic ring is 1. The van der Waals surface area contributed by atoms with Crippen LogP contribution < -0.4 is 10.5 Å². The van der Waals surface area contributed by atoms with E-state index in [1.54, 1.807) is 0 Å². The molecule has 4 N–H and O–H groups in total. The van der Waals surface area contributed by atoms with E-state index >= 15 is 0 Å². The molecule has 1 fully saturated rings. The second-order valence-electron chi connectivity index (χ2n) is 5.22. The lowest BCUT2D eigenvalue weighted by Gasteiger charge is -2.28. The van der Waals surface area contributed by atoms with Crippen LogP contribution in [0.3, 0.4) is 0 Å². The molecule has 7 heteroatoms. The van der Waals surface area contributed by atoms with Gasteiger partial charge in [-0.15, -0.1) is 0 Å². The summed E-state index contributed by atoms with van der Waals surface area (Å²) >= 11 is 0. The second kappa shape index (κ2) is 5.67. The lowest BCUT2D eigenvalue weighted by atomic mass is 9.93. The van der Waals surface area contributed by atoms with Crippen molar-refractivity contribution in [2.45, 2.75) is 49.6 Å². The number of hydrogen-bond acceptors (Lipinski definition) is 4. The summed E-state index contributed by atoms with van der Waals surface area (Å²) in [6, 6.07) is 1.84. The van der Waals surface area contributed by atoms with Gasteiger partial charge in [0.15, 0.2) is 0 Å². The summed E-state index contributed by atoms with van der Waals surface area (Å²) < 4.78 is 40.4. The van der Waals surface area contributed by atoms with Crippen LogP contribution in [0.2, 0.25) is 0 Å². The van der Waals surface area contributed by atoms with Crippen LogP contribution in [0.25, 0.3) is 0 Å². The van der Waals surface area contributed by atoms with Gasteiger partial charge in [0.2, 0.25) is 10.0 Å². The van der Waals surface area contributed by atoms with E-state index in [1.165, 1.54) is 13.0 Å². The molecule has 0 bridgehead atoms. The van der Waals surface area contributed by atoms with Crippen LogP contribution in [0.15, 0.2) is 17.0 Å². The Morgan fingerprint density at radius 2 is 2.00 bits per heavy atom. The topological polar surface area (TPSA) is 92.4 Å². The molecule has 1 saturated carbocycles. The molecule has 0 amide bonds. The minimum Gasteiger partial charge on any atom is -0.396 e. The van der Waals surface area contributed by atoms with Crippen molar-refractivity contribution in [3.05, 3.63) is 23.5 Å². The van der Waals surface area contributed by atoms with Crippen LogP contribution in [-0.2, 0) is 10.0 Å². The van der Waals surface area contributed by atoms with E-state index in [1.807, 2.05) is 0 Å². The highest BCUT2D eigenvalue weighted by Crippen LogP contribution is 2.23. The number of nitrogens with two attached hydrogens (primary N) is 1. The molecule has 0 radical (unpaired) electrons. The summed E-state index contributed by atoms with van der Waals surface area (Å²) in [7, 11) is -3.81. The van der Waals surface area contributed by atoms with Crippen LogP contribution in [0.1, 0.15) is 31.2 Å². The van der Waals surface area contributed by atoms with Crippen LogP contribution >= 0.6 is 0 Å². The number of halogens is 1. The van der Waals surface area contributed by atoms with Gasteiger partial charge in [-0.3, -0.25) is 0 Å². The van der Waals surface area contributed by atoms with Crippen LogP contribution in [0.4, 0.5) is 10.1 Å². The number of anilines is 1. The van der Waals surface area contributed by atoms with E-state index < -0.39 is 28.0 Å². The minimum atomic E-state index is -3.81. The average Bonchev–Trinajstić information content (AvgIpc) is 2.38. The van der Waals surface area contributed by atoms with Gasteiger partial charge in [-0.1, -0.05) is 12.8 Å². The maximum atomic E-state index is 13.4. The van der Waals surface area contributed by atoms with Crippen molar-refractivity contribution in [3.8, 4) is 0 Å². The highest BCUT2D eigenvalue weighted by atomic mass is 32.2. The molecule has 20 heavy (non-hydrogen) atoms. The van der Waals surface area contributed by atoms with Crippen molar-refractivity contribution in [2.24, 2.45) is 0 Å². The van der Waals surface area contributed by atoms with Gasteiger partial charge >= 0.3 is 0 Å². The summed E-state index contributed by atoms with van der Waals surface area (Å²) in [4.78, 5) is -0.0772. The number of rotatable bonds is 3. The predicted molar refractivity (Wildman–Crippen MR) is 74.1 cm³/mol. The van der Waals surface area contributed by atoms with Crippen molar-refractivity contribution >= 4 is 15.7 Å². The molecule has 5 nitrogen and oxygen atoms in total. The number of sulfonamides is 1. The largest absolute Gasteiger partial charge is 0.396 e. The van der Waals surface area contributed by atoms with E-state index in [-0.39, 0.29) is 16.1 Å². The van der Waals surface area contributed by atoms with Crippen LogP contribution in [0, 0.1) is 12.7 Å². The molecular formula is C13H19FN2O3S. The predicted octanol–water partition coefficient (Wildman–Crippen LogP) is 1.30. The molecule has 1 aliphatic rings. The van der Waals surface area contributed by atoms with Crippen molar-refractivity contribution in [1.29, 1.82) is 0 Å². The number of benzene rings is 1. The Bertz CT molecular complexity index is 581. The van der Waals surface area contributed by atoms with Crippen molar-refractivity contribution in [3.63, 3.8) is 0 Å². The van der Waals surface area contributed by atoms with Crippen LogP contribution in [-0.4, -0.2) is 25.7 Å². The normalized spacial score (nSPS) is 23.8. The standard InChI is InChI=1S/C13H19FN2O3S/c1-8-6-9(7-10(15)13(8)14)20(18,19)16-11-4-2-3-5-12(11)17/h6-7,11-12,16-17H,2-5,15H2,1H3. The Hall–Kier alpha value is -1.18. The third-order valence-electron chi connectivity index (χ3n) is 3.60. The Morgan fingerprint density at radius 1 is 1.35 bits per heavy atom. The first-order chi connectivity index (χ1) is 9.31. The Morgan fingerprint density at radius 3 is 2.60 bits per heavy atom. The number of aryl methyl sites for hydroxylation is 1. The number of nitrogens with one attached hydrogen (secondary N) is 1. The van der Waals surface area contributed by atoms with Gasteiger partial charge in [0.25, 0.3) is 0 Å². The van der Waals surface area contributed by atoms with Crippen molar-refractivity contribution < 1.29 is 17.9 Å². The van der Waals surface area contributed by atoms with Crippen molar-refractivity contribution in [1.82, 2.24) is 4.72 Å². The molecular weight excluding hydrogens is 283 g/mol. The molecule has 0 heterocycles. The SMILES string of the molecule is Cc1cc(S(=O)(=O)NC2CCCCC2O)cc(N)c1F. The number of aliphatic hydroxyl groups is 1. The highest BCUT2D eigenvalue weighted by molar-refractivity contribution is 7.89. The van der Waals surface area contributed by atoms with Crippen molar-refractivity contribution in [2.75, 3.05) is 5.73 Å². The van der Waals surface area contributed by atoms with Gasteiger partial charge in [-0.05, 0) is 37.5 Å². The van der Waals surface area contributed by atoms with Gasteiger partial charge in [-0.25, -0.2) is 17.5 Å². The molecule has 0 spiro atoms. The lowest BCUT2D eigenvalue weighted by molar-refractivity contribution is 0.101. The molecule has 2 atom stereocenters. The molecule has 1 aromatic rings. The number of hydrogen-bond donors (Lipinski definition) is 3. The fourth-order valence-electron chi connectivity index (χ4n) is 2.43. The van der Waals surface area contributed by atoms with Gasteiger partial charge in [-0.2, -0.15) is 0 Å². The van der Waals surface area contributed by atoms with Gasteiger partial charge in [0.1, 0.15) is 5.82 Å². The maximum absolute atomic E-state index is 13.4. The molecule has 2 rings (SSSR count). The fourth-order valence-corrected chi connectivity index (χ4v) is 3.86. The first-order valence-electron chi connectivity index (χ1n) is 6.57. The summed E-state index contributed by atoms with van der Waals surface area (Å²) in [6.45, 7) is 1.46. The third-order valence-corrected chi connectivity index (χ3v) is 5.07. The quantitative estimate of drug-likeness (QED) is 0.734. The first-order valence-corrected chi connectivity index (χ1v) is 8.05. The van der Waals surface area contributed by atoms with E-state index in [2.05, 4.69) is 4.72 Å². The van der Waals surface area contributed by atoms with Crippen LogP contribution in [0.5, 0.6) is 0 Å². The maximum Gasteiger partial charge on any atom is 0.240 e. The fraction of sp³-hybridized carbons (Fsp3) is 0.538. The Balaban J connectivity index is 2.26. The van der Waals surface area contributed by atoms with E-state index in [9.17, 15) is 17.9 Å². The van der Waals surface area contributed by atoms with Gasteiger partial charge < -0.3 is 10.8 Å². The average molecular weight is 302 g/mol. The molecule has 0 saturated heterocycles. The zero-order valence-corrected chi connectivity index (χ0v) is 12.1. The zero-order chi connectivity index (χ0) is 14.9. The zero-order valence-electron chi connectivity index (χ0n) is 11.3. The van der Waals surface area contributed by atoms with E-state index in [4.69, 9.17) is 5.73 Å². The summed E-state index contributed by atoms with van der Waals surface area (Å²) in [6.07, 6.45) is 2.25. The summed E-state index contributed by atoms with van der Waals surface area (Å²) in [5.74, 6) is -0.610. The summed E-state index contributed by atoms with van der Waals surface area (Å²) in [5, 5.41) is 9.82. The second-order valence-corrected chi connectivity index (χ2v) is 6.94.